The van der Waals surface area contributed by atoms with Crippen LogP contribution in [0.3, 0.4) is 0 Å². The first kappa shape index (κ1) is 13.4. The molecule has 1 amide bonds. The van der Waals surface area contributed by atoms with Gasteiger partial charge in [0.05, 0.1) is 5.56 Å². The molecule has 0 radical (unpaired) electrons. The third-order valence-corrected chi connectivity index (χ3v) is 4.96. The molecular weight excluding hydrogens is 276 g/mol. The maximum atomic E-state index is 12.5. The Morgan fingerprint density at radius 2 is 2.14 bits per heavy atom. The molecule has 2 aromatic heterocycles. The van der Waals surface area contributed by atoms with Crippen molar-refractivity contribution >= 4 is 11.4 Å². The molecule has 3 saturated heterocycles. The second kappa shape index (κ2) is 5.15. The van der Waals surface area contributed by atoms with Gasteiger partial charge in [0.1, 0.15) is 6.07 Å². The van der Waals surface area contributed by atoms with Gasteiger partial charge in [0.25, 0.3) is 5.91 Å². The highest BCUT2D eigenvalue weighted by molar-refractivity contribution is 5.95. The maximum absolute atomic E-state index is 12.5. The average Bonchev–Trinajstić information content (AvgIpc) is 2.98. The molecule has 0 saturated carbocycles. The molecule has 2 bridgehead atoms. The summed E-state index contributed by atoms with van der Waals surface area (Å²) in [5.74, 6) is 0.608. The number of nitrogens with one attached hydrogen (secondary N) is 1. The van der Waals surface area contributed by atoms with Crippen LogP contribution >= 0.6 is 0 Å². The normalized spacial score (nSPS) is 26.8. The number of aromatic nitrogens is 1. The van der Waals surface area contributed by atoms with Crippen LogP contribution in [0.5, 0.6) is 0 Å². The zero-order valence-electron chi connectivity index (χ0n) is 12.3. The van der Waals surface area contributed by atoms with Crippen molar-refractivity contribution in [1.29, 1.82) is 5.26 Å². The summed E-state index contributed by atoms with van der Waals surface area (Å²) in [6, 6.07) is 7.84. The van der Waals surface area contributed by atoms with Crippen LogP contribution in [0.15, 0.2) is 30.6 Å². The molecular formula is C17H18N4O. The number of pyridine rings is 1. The third-order valence-electron chi connectivity index (χ3n) is 4.96. The van der Waals surface area contributed by atoms with Crippen molar-refractivity contribution in [3.8, 4) is 6.07 Å². The van der Waals surface area contributed by atoms with E-state index in [1.165, 1.54) is 25.9 Å². The summed E-state index contributed by atoms with van der Waals surface area (Å²) >= 11 is 0. The van der Waals surface area contributed by atoms with Gasteiger partial charge in [-0.15, -0.1) is 0 Å². The first-order chi connectivity index (χ1) is 10.7. The lowest BCUT2D eigenvalue weighted by Gasteiger charge is -2.44. The van der Waals surface area contributed by atoms with E-state index in [-0.39, 0.29) is 11.9 Å². The summed E-state index contributed by atoms with van der Waals surface area (Å²) in [5.41, 5.74) is 2.14. The predicted molar refractivity (Wildman–Crippen MR) is 82.5 cm³/mol. The maximum Gasteiger partial charge on any atom is 0.251 e. The van der Waals surface area contributed by atoms with Gasteiger partial charge >= 0.3 is 0 Å². The Kier molecular flexibility index (Phi) is 3.12. The Hall–Kier alpha value is -2.32. The van der Waals surface area contributed by atoms with Gasteiger partial charge in [0.15, 0.2) is 0 Å². The van der Waals surface area contributed by atoms with Crippen molar-refractivity contribution in [3.05, 3.63) is 41.7 Å². The summed E-state index contributed by atoms with van der Waals surface area (Å²) in [4.78, 5) is 14.9. The van der Waals surface area contributed by atoms with Crippen molar-refractivity contribution in [2.45, 2.75) is 18.9 Å². The lowest BCUT2D eigenvalue weighted by atomic mass is 9.84. The van der Waals surface area contributed by atoms with Gasteiger partial charge < -0.3 is 14.6 Å². The number of fused-ring (bicyclic) bond motifs is 4. The molecule has 5 heteroatoms. The highest BCUT2D eigenvalue weighted by atomic mass is 16.1. The van der Waals surface area contributed by atoms with Gasteiger partial charge in [-0.2, -0.15) is 5.26 Å². The first-order valence-corrected chi connectivity index (χ1v) is 7.78. The molecule has 5 nitrogen and oxygen atoms in total. The number of carbonyl (C=O) groups is 1. The highest BCUT2D eigenvalue weighted by Crippen LogP contribution is 2.27. The van der Waals surface area contributed by atoms with E-state index in [2.05, 4.69) is 16.3 Å². The Morgan fingerprint density at radius 3 is 2.82 bits per heavy atom. The minimum atomic E-state index is -0.0130. The highest BCUT2D eigenvalue weighted by Gasteiger charge is 2.34. The Bertz CT molecular complexity index is 765. The molecule has 3 aliphatic heterocycles. The van der Waals surface area contributed by atoms with Crippen LogP contribution in [0.4, 0.5) is 0 Å². The average molecular weight is 294 g/mol. The van der Waals surface area contributed by atoms with Crippen molar-refractivity contribution in [3.63, 3.8) is 0 Å². The molecule has 3 aliphatic rings. The molecule has 5 rings (SSSR count). The Balaban J connectivity index is 1.54. The number of nitrogens with zero attached hydrogens (tertiary/aromatic N) is 3. The molecule has 0 aromatic carbocycles. The SMILES string of the molecule is N#Cc1cc2cc(C(=O)NC3CN4CCC3CC4)ccn2c1. The van der Waals surface area contributed by atoms with Crippen LogP contribution in [-0.2, 0) is 0 Å². The molecule has 22 heavy (non-hydrogen) atoms. The number of amides is 1. The molecule has 0 spiro atoms. The molecule has 5 heterocycles. The van der Waals surface area contributed by atoms with Crippen LogP contribution in [0.1, 0.15) is 28.8 Å². The quantitative estimate of drug-likeness (QED) is 0.916. The Labute approximate surface area is 129 Å². The van der Waals surface area contributed by atoms with Gasteiger partial charge in [0, 0.05) is 36.1 Å². The van der Waals surface area contributed by atoms with Crippen LogP contribution in [0, 0.1) is 17.2 Å². The molecule has 1 unspecified atom stereocenters. The second-order valence-corrected chi connectivity index (χ2v) is 6.31. The zero-order valence-corrected chi connectivity index (χ0v) is 12.3. The van der Waals surface area contributed by atoms with E-state index in [0.717, 1.165) is 12.1 Å². The number of hydrogen-bond acceptors (Lipinski definition) is 3. The fraction of sp³-hybridized carbons (Fsp3) is 0.412. The first-order valence-electron chi connectivity index (χ1n) is 7.78. The number of rotatable bonds is 2. The van der Waals surface area contributed by atoms with E-state index in [1.54, 1.807) is 12.3 Å². The molecule has 1 N–H and O–H groups in total. The van der Waals surface area contributed by atoms with Gasteiger partial charge in [-0.1, -0.05) is 0 Å². The van der Waals surface area contributed by atoms with Crippen molar-refractivity contribution in [2.24, 2.45) is 5.92 Å². The standard InChI is InChI=1S/C17H18N4O/c18-9-12-7-15-8-14(3-6-21(15)10-12)17(22)19-16-11-20-4-1-13(16)2-5-20/h3,6-8,10,13,16H,1-2,4-5,11H2,(H,19,22). The third kappa shape index (κ3) is 2.26. The van der Waals surface area contributed by atoms with Crippen LogP contribution in [-0.4, -0.2) is 40.9 Å². The van der Waals surface area contributed by atoms with Gasteiger partial charge in [-0.3, -0.25) is 4.79 Å². The van der Waals surface area contributed by atoms with Gasteiger partial charge in [0.2, 0.25) is 0 Å². The molecule has 3 fully saturated rings. The van der Waals surface area contributed by atoms with Gasteiger partial charge in [-0.25, -0.2) is 0 Å². The van der Waals surface area contributed by atoms with Crippen molar-refractivity contribution in [2.75, 3.05) is 19.6 Å². The Morgan fingerprint density at radius 1 is 1.32 bits per heavy atom. The lowest BCUT2D eigenvalue weighted by Crippen LogP contribution is -2.57. The van der Waals surface area contributed by atoms with Crippen LogP contribution in [0.25, 0.3) is 5.52 Å². The van der Waals surface area contributed by atoms with Crippen molar-refractivity contribution in [1.82, 2.24) is 14.6 Å². The van der Waals surface area contributed by atoms with E-state index in [1.807, 2.05) is 22.7 Å². The topological polar surface area (TPSA) is 60.5 Å². The van der Waals surface area contributed by atoms with Crippen molar-refractivity contribution < 1.29 is 4.79 Å². The fourth-order valence-electron chi connectivity index (χ4n) is 3.69. The largest absolute Gasteiger partial charge is 0.348 e. The van der Waals surface area contributed by atoms with Crippen LogP contribution < -0.4 is 5.32 Å². The smallest absolute Gasteiger partial charge is 0.251 e. The summed E-state index contributed by atoms with van der Waals surface area (Å²) in [6.45, 7) is 3.32. The molecule has 1 atom stereocenters. The number of piperidine rings is 3. The molecule has 112 valence electrons. The van der Waals surface area contributed by atoms with E-state index in [9.17, 15) is 4.79 Å². The fourth-order valence-corrected chi connectivity index (χ4v) is 3.69. The molecule has 2 aromatic rings. The van der Waals surface area contributed by atoms with E-state index in [0.29, 0.717) is 17.0 Å². The molecule has 0 aliphatic carbocycles. The zero-order chi connectivity index (χ0) is 15.1. The van der Waals surface area contributed by atoms with Crippen LogP contribution in [0.2, 0.25) is 0 Å². The number of carbonyl (C=O) groups excluding carboxylic acids is 1. The minimum Gasteiger partial charge on any atom is -0.348 e. The summed E-state index contributed by atoms with van der Waals surface area (Å²) in [6.07, 6.45) is 5.98. The second-order valence-electron chi connectivity index (χ2n) is 6.31. The summed E-state index contributed by atoms with van der Waals surface area (Å²) in [7, 11) is 0. The van der Waals surface area contributed by atoms with E-state index < -0.39 is 0 Å². The minimum absolute atomic E-state index is 0.0130. The number of nitriles is 1. The monoisotopic (exact) mass is 294 g/mol. The summed E-state index contributed by atoms with van der Waals surface area (Å²) in [5, 5.41) is 12.1. The predicted octanol–water partition coefficient (Wildman–Crippen LogP) is 1.63. The van der Waals surface area contributed by atoms with E-state index >= 15 is 0 Å². The van der Waals surface area contributed by atoms with Gasteiger partial charge in [-0.05, 0) is 50.0 Å². The number of hydrogen-bond donors (Lipinski definition) is 1. The lowest BCUT2D eigenvalue weighted by molar-refractivity contribution is 0.0620. The summed E-state index contributed by atoms with van der Waals surface area (Å²) < 4.78 is 1.86. The van der Waals surface area contributed by atoms with E-state index in [4.69, 9.17) is 5.26 Å².